The van der Waals surface area contributed by atoms with Crippen molar-refractivity contribution in [2.75, 3.05) is 26.0 Å². The maximum absolute atomic E-state index is 12.3. The van der Waals surface area contributed by atoms with Crippen LogP contribution in [0.3, 0.4) is 0 Å². The number of nitrogens with one attached hydrogen (secondary N) is 3. The van der Waals surface area contributed by atoms with Crippen LogP contribution in [0.2, 0.25) is 0 Å². The molecule has 0 fully saturated rings. The highest BCUT2D eigenvalue weighted by Crippen LogP contribution is 2.20. The third kappa shape index (κ3) is 4.44. The number of hydrogen-bond acceptors (Lipinski definition) is 4. The molecule has 0 spiro atoms. The molecule has 0 bridgehead atoms. The van der Waals surface area contributed by atoms with E-state index in [2.05, 4.69) is 21.7 Å². The minimum Gasteiger partial charge on any atom is -0.355 e. The van der Waals surface area contributed by atoms with Gasteiger partial charge in [-0.25, -0.2) is 4.98 Å². The van der Waals surface area contributed by atoms with Gasteiger partial charge in [-0.3, -0.25) is 9.59 Å². The average Bonchev–Trinajstić information content (AvgIpc) is 3.03. The van der Waals surface area contributed by atoms with Gasteiger partial charge >= 0.3 is 0 Å². The fourth-order valence-electron chi connectivity index (χ4n) is 2.68. The number of anilines is 1. The highest BCUT2D eigenvalue weighted by atomic mass is 32.1. The average molecular weight is 369 g/mol. The van der Waals surface area contributed by atoms with Crippen LogP contribution in [0.5, 0.6) is 0 Å². The molecule has 26 heavy (non-hydrogen) atoms. The van der Waals surface area contributed by atoms with Crippen LogP contribution in [0.4, 0.5) is 5.69 Å². The first-order valence-corrected chi connectivity index (χ1v) is 9.14. The molecule has 134 valence electrons. The van der Waals surface area contributed by atoms with Gasteiger partial charge in [-0.2, -0.15) is 0 Å². The van der Waals surface area contributed by atoms with Gasteiger partial charge < -0.3 is 15.5 Å². The van der Waals surface area contributed by atoms with E-state index in [1.54, 1.807) is 42.6 Å². The lowest BCUT2D eigenvalue weighted by Crippen LogP contribution is -3.08. The van der Waals surface area contributed by atoms with Crippen molar-refractivity contribution in [3.63, 3.8) is 0 Å². The van der Waals surface area contributed by atoms with Gasteiger partial charge in [0.05, 0.1) is 17.3 Å². The molecule has 2 amide bonds. The van der Waals surface area contributed by atoms with Crippen molar-refractivity contribution in [1.82, 2.24) is 10.3 Å². The number of quaternary nitrogens is 1. The van der Waals surface area contributed by atoms with Gasteiger partial charge in [-0.05, 0) is 30.3 Å². The van der Waals surface area contributed by atoms with E-state index >= 15 is 0 Å². The van der Waals surface area contributed by atoms with E-state index in [9.17, 15) is 9.59 Å². The van der Waals surface area contributed by atoms with Crippen LogP contribution in [0.25, 0.3) is 10.2 Å². The second-order valence-corrected chi connectivity index (χ2v) is 7.21. The first kappa shape index (κ1) is 18.0. The zero-order valence-corrected chi connectivity index (χ0v) is 15.5. The quantitative estimate of drug-likeness (QED) is 0.613. The maximum Gasteiger partial charge on any atom is 0.279 e. The molecule has 1 atom stereocenters. The minimum atomic E-state index is -0.181. The lowest BCUT2D eigenvalue weighted by atomic mass is 10.2. The van der Waals surface area contributed by atoms with Crippen molar-refractivity contribution >= 4 is 39.1 Å². The Morgan fingerprint density at radius 1 is 1.15 bits per heavy atom. The molecule has 1 unspecified atom stereocenters. The van der Waals surface area contributed by atoms with Gasteiger partial charge in [0.15, 0.2) is 6.54 Å². The van der Waals surface area contributed by atoms with Gasteiger partial charge in [-0.15, -0.1) is 11.3 Å². The van der Waals surface area contributed by atoms with Crippen LogP contribution < -0.4 is 15.5 Å². The van der Waals surface area contributed by atoms with Crippen molar-refractivity contribution in [2.24, 2.45) is 0 Å². The predicted molar refractivity (Wildman–Crippen MR) is 104 cm³/mol. The fourth-order valence-corrected chi connectivity index (χ4v) is 3.76. The Bertz CT molecular complexity index is 905. The first-order chi connectivity index (χ1) is 12.5. The highest BCUT2D eigenvalue weighted by molar-refractivity contribution is 7.18. The number of amides is 2. The number of carbonyl (C=O) groups is 2. The summed E-state index contributed by atoms with van der Waals surface area (Å²) >= 11 is 1.66. The van der Waals surface area contributed by atoms with Crippen molar-refractivity contribution in [2.45, 2.75) is 6.54 Å². The van der Waals surface area contributed by atoms with Gasteiger partial charge in [0.1, 0.15) is 11.6 Å². The van der Waals surface area contributed by atoms with E-state index in [0.717, 1.165) is 20.1 Å². The van der Waals surface area contributed by atoms with E-state index in [-0.39, 0.29) is 11.8 Å². The Morgan fingerprint density at radius 3 is 2.73 bits per heavy atom. The zero-order chi connectivity index (χ0) is 18.5. The first-order valence-electron chi connectivity index (χ1n) is 8.33. The van der Waals surface area contributed by atoms with Crippen LogP contribution >= 0.6 is 11.3 Å². The molecule has 1 heterocycles. The summed E-state index contributed by atoms with van der Waals surface area (Å²) in [5.41, 5.74) is 2.13. The summed E-state index contributed by atoms with van der Waals surface area (Å²) in [6, 6.07) is 14.9. The second-order valence-electron chi connectivity index (χ2n) is 6.09. The predicted octanol–water partition coefficient (Wildman–Crippen LogP) is 1.31. The van der Waals surface area contributed by atoms with E-state index < -0.39 is 0 Å². The molecular formula is C19H21N4O2S+. The fraction of sp³-hybridized carbons (Fsp3) is 0.211. The van der Waals surface area contributed by atoms with E-state index in [4.69, 9.17) is 0 Å². The maximum atomic E-state index is 12.3. The Balaban J connectivity index is 1.58. The molecular weight excluding hydrogens is 348 g/mol. The number of likely N-dealkylation sites (N-methyl/N-ethyl adjacent to an activating group) is 1. The largest absolute Gasteiger partial charge is 0.355 e. The topological polar surface area (TPSA) is 75.5 Å². The van der Waals surface area contributed by atoms with Crippen molar-refractivity contribution in [3.8, 4) is 0 Å². The molecule has 0 radical (unpaired) electrons. The van der Waals surface area contributed by atoms with Gasteiger partial charge in [0.2, 0.25) is 0 Å². The number of hydrogen-bond donors (Lipinski definition) is 3. The van der Waals surface area contributed by atoms with Crippen LogP contribution in [0.15, 0.2) is 48.5 Å². The summed E-state index contributed by atoms with van der Waals surface area (Å²) in [6.45, 7) is 1.01. The molecule has 0 aliphatic carbocycles. The number of para-hydroxylation sites is 1. The molecule has 0 aliphatic rings. The molecule has 3 N–H and O–H groups in total. The molecule has 3 aromatic rings. The molecule has 6 nitrogen and oxygen atoms in total. The summed E-state index contributed by atoms with van der Waals surface area (Å²) in [5, 5.41) is 6.43. The van der Waals surface area contributed by atoms with Gasteiger partial charge in [0, 0.05) is 18.3 Å². The summed E-state index contributed by atoms with van der Waals surface area (Å²) in [4.78, 5) is 29.6. The Hall–Kier alpha value is -2.77. The third-order valence-corrected chi connectivity index (χ3v) is 4.93. The number of aromatic nitrogens is 1. The van der Waals surface area contributed by atoms with E-state index in [1.807, 2.05) is 25.2 Å². The van der Waals surface area contributed by atoms with Crippen molar-refractivity contribution < 1.29 is 14.5 Å². The monoisotopic (exact) mass is 369 g/mol. The summed E-state index contributed by atoms with van der Waals surface area (Å²) < 4.78 is 1.16. The number of thiazole rings is 1. The Morgan fingerprint density at radius 2 is 1.96 bits per heavy atom. The molecule has 3 rings (SSSR count). The van der Waals surface area contributed by atoms with Crippen LogP contribution in [0.1, 0.15) is 15.4 Å². The van der Waals surface area contributed by atoms with Crippen LogP contribution in [-0.4, -0.2) is 37.4 Å². The molecule has 1 aromatic heterocycles. The SMILES string of the molecule is CNC(=O)c1cccc(NC(=O)C[NH+](C)Cc2nc3ccccc3s2)c1. The molecule has 0 aliphatic heterocycles. The summed E-state index contributed by atoms with van der Waals surface area (Å²) in [6.07, 6.45) is 0. The molecule has 0 saturated carbocycles. The van der Waals surface area contributed by atoms with E-state index in [0.29, 0.717) is 24.3 Å². The number of fused-ring (bicyclic) bond motifs is 1. The second kappa shape index (κ2) is 8.07. The van der Waals surface area contributed by atoms with Gasteiger partial charge in [-0.1, -0.05) is 18.2 Å². The minimum absolute atomic E-state index is 0.0994. The highest BCUT2D eigenvalue weighted by Gasteiger charge is 2.14. The van der Waals surface area contributed by atoms with E-state index in [1.165, 1.54) is 0 Å². The number of rotatable bonds is 6. The molecule has 0 saturated heterocycles. The molecule has 2 aromatic carbocycles. The summed E-state index contributed by atoms with van der Waals surface area (Å²) in [5.74, 6) is -0.280. The Kier molecular flexibility index (Phi) is 5.60. The molecule has 7 heteroatoms. The van der Waals surface area contributed by atoms with Gasteiger partial charge in [0.25, 0.3) is 11.8 Å². The zero-order valence-electron chi connectivity index (χ0n) is 14.7. The summed E-state index contributed by atoms with van der Waals surface area (Å²) in [7, 11) is 3.54. The Labute approximate surface area is 155 Å². The van der Waals surface area contributed by atoms with Crippen molar-refractivity contribution in [1.29, 1.82) is 0 Å². The standard InChI is InChI=1S/C19H20N4O2S/c1-20-19(25)13-6-5-7-14(10-13)21-17(24)11-23(2)12-18-22-15-8-3-4-9-16(15)26-18/h3-10H,11-12H2,1-2H3,(H,20,25)(H,21,24)/p+1. The van der Waals surface area contributed by atoms with Crippen LogP contribution in [-0.2, 0) is 11.3 Å². The number of carbonyl (C=O) groups excluding carboxylic acids is 2. The smallest absolute Gasteiger partial charge is 0.279 e. The van der Waals surface area contributed by atoms with Crippen LogP contribution in [0, 0.1) is 0 Å². The third-order valence-electron chi connectivity index (χ3n) is 3.89. The van der Waals surface area contributed by atoms with Crippen molar-refractivity contribution in [3.05, 3.63) is 59.1 Å². The lowest BCUT2D eigenvalue weighted by molar-refractivity contribution is -0.885. The number of nitrogens with zero attached hydrogens (tertiary/aromatic N) is 1. The normalized spacial score (nSPS) is 11.9. The lowest BCUT2D eigenvalue weighted by Gasteiger charge is -2.12. The number of benzene rings is 2.